The lowest BCUT2D eigenvalue weighted by atomic mass is 9.98. The Morgan fingerprint density at radius 3 is 1.88 bits per heavy atom. The van der Waals surface area contributed by atoms with Gasteiger partial charge in [0.15, 0.2) is 0 Å². The molecule has 0 amide bonds. The second kappa shape index (κ2) is 11.3. The van der Waals surface area contributed by atoms with Gasteiger partial charge in [0.05, 0.1) is 38.6 Å². The summed E-state index contributed by atoms with van der Waals surface area (Å²) in [5.74, 6) is 0.934. The number of imidazole rings is 1. The fraction of sp³-hybridized carbons (Fsp3) is 0.276. The van der Waals surface area contributed by atoms with Gasteiger partial charge in [-0.1, -0.05) is 91.0 Å². The fourth-order valence-corrected chi connectivity index (χ4v) is 4.44. The van der Waals surface area contributed by atoms with Crippen molar-refractivity contribution in [3.8, 4) is 0 Å². The topological polar surface area (TPSA) is 45.5 Å². The first kappa shape index (κ1) is 22.5. The third-order valence-electron chi connectivity index (χ3n) is 6.22. The molecule has 5 nitrogen and oxygen atoms in total. The number of benzene rings is 3. The number of aromatic nitrogens is 2. The summed E-state index contributed by atoms with van der Waals surface area (Å²) in [6.45, 7) is 2.21. The lowest BCUT2D eigenvalue weighted by Gasteiger charge is -2.37. The van der Waals surface area contributed by atoms with Crippen LogP contribution in [0.25, 0.3) is 0 Å². The smallest absolute Gasteiger partial charge is 0.138 e. The highest BCUT2D eigenvalue weighted by atomic mass is 16.5. The van der Waals surface area contributed by atoms with Crippen molar-refractivity contribution in [3.05, 3.63) is 126 Å². The van der Waals surface area contributed by atoms with Crippen molar-refractivity contribution in [2.45, 2.75) is 44.5 Å². The number of hydrogen-bond donors (Lipinski definition) is 0. The van der Waals surface area contributed by atoms with Crippen LogP contribution in [0.5, 0.6) is 0 Å². The van der Waals surface area contributed by atoms with Crippen molar-refractivity contribution in [3.63, 3.8) is 0 Å². The number of nitrogens with zero attached hydrogens (tertiary/aromatic N) is 2. The molecule has 4 aromatic rings. The summed E-state index contributed by atoms with van der Waals surface area (Å²) < 4.78 is 21.2. The van der Waals surface area contributed by atoms with Crippen molar-refractivity contribution >= 4 is 0 Å². The maximum atomic E-state index is 6.48. The third kappa shape index (κ3) is 5.62. The zero-order valence-electron chi connectivity index (χ0n) is 19.2. The van der Waals surface area contributed by atoms with Gasteiger partial charge in [-0.25, -0.2) is 4.98 Å². The van der Waals surface area contributed by atoms with Crippen LogP contribution in [-0.2, 0) is 34.0 Å². The van der Waals surface area contributed by atoms with E-state index in [1.807, 2.05) is 67.0 Å². The van der Waals surface area contributed by atoms with Gasteiger partial charge in [-0.15, -0.1) is 0 Å². The maximum absolute atomic E-state index is 6.48. The second-order valence-electron chi connectivity index (χ2n) is 8.62. The van der Waals surface area contributed by atoms with Crippen molar-refractivity contribution < 1.29 is 14.2 Å². The van der Waals surface area contributed by atoms with Gasteiger partial charge in [0, 0.05) is 18.8 Å². The number of hydrogen-bond acceptors (Lipinski definition) is 4. The predicted octanol–water partition coefficient (Wildman–Crippen LogP) is 5.89. The highest BCUT2D eigenvalue weighted by Crippen LogP contribution is 2.36. The molecule has 0 radical (unpaired) electrons. The van der Waals surface area contributed by atoms with E-state index in [1.54, 1.807) is 0 Å². The lowest BCUT2D eigenvalue weighted by molar-refractivity contribution is -0.0887. The van der Waals surface area contributed by atoms with Gasteiger partial charge in [0.1, 0.15) is 11.9 Å². The van der Waals surface area contributed by atoms with E-state index in [-0.39, 0.29) is 18.2 Å². The molecule has 1 aromatic heterocycles. The number of fused-ring (bicyclic) bond motifs is 1. The summed E-state index contributed by atoms with van der Waals surface area (Å²) in [5.41, 5.74) is 3.47. The standard InChI is InChI=1S/C29H30N2O3/c1-4-10-23(11-5-1)19-32-22-26-27(33-20-24-12-6-2-7-13-24)18-28(29-30-16-17-31(26)29)34-21-25-14-8-3-9-15-25/h1-17,26-28H,18-22H2/t26-,27+,28?/m1/s1. The van der Waals surface area contributed by atoms with Crippen molar-refractivity contribution in [2.24, 2.45) is 0 Å². The summed E-state index contributed by atoms with van der Waals surface area (Å²) in [6.07, 6.45) is 4.40. The van der Waals surface area contributed by atoms with Crippen LogP contribution in [0.2, 0.25) is 0 Å². The first-order valence-corrected chi connectivity index (χ1v) is 11.8. The quantitative estimate of drug-likeness (QED) is 0.300. The Hall–Kier alpha value is -3.25. The van der Waals surface area contributed by atoms with E-state index in [2.05, 4.69) is 45.9 Å². The third-order valence-corrected chi connectivity index (χ3v) is 6.22. The molecule has 0 saturated heterocycles. The van der Waals surface area contributed by atoms with Crippen LogP contribution in [0, 0.1) is 0 Å². The summed E-state index contributed by atoms with van der Waals surface area (Å²) in [7, 11) is 0. The first-order chi connectivity index (χ1) is 16.9. The van der Waals surface area contributed by atoms with Crippen molar-refractivity contribution in [1.29, 1.82) is 0 Å². The van der Waals surface area contributed by atoms with Crippen LogP contribution in [0.15, 0.2) is 103 Å². The Kier molecular flexibility index (Phi) is 7.46. The molecule has 0 N–H and O–H groups in total. The van der Waals surface area contributed by atoms with Crippen LogP contribution >= 0.6 is 0 Å². The Morgan fingerprint density at radius 1 is 0.706 bits per heavy atom. The molecule has 34 heavy (non-hydrogen) atoms. The van der Waals surface area contributed by atoms with Gasteiger partial charge >= 0.3 is 0 Å². The van der Waals surface area contributed by atoms with Crippen LogP contribution in [0.3, 0.4) is 0 Å². The van der Waals surface area contributed by atoms with E-state index >= 15 is 0 Å². The van der Waals surface area contributed by atoms with Crippen molar-refractivity contribution in [2.75, 3.05) is 6.61 Å². The highest BCUT2D eigenvalue weighted by molar-refractivity contribution is 5.16. The van der Waals surface area contributed by atoms with Crippen LogP contribution < -0.4 is 0 Å². The molecule has 0 fully saturated rings. The van der Waals surface area contributed by atoms with Crippen molar-refractivity contribution in [1.82, 2.24) is 9.55 Å². The minimum Gasteiger partial charge on any atom is -0.375 e. The maximum Gasteiger partial charge on any atom is 0.138 e. The predicted molar refractivity (Wildman–Crippen MR) is 131 cm³/mol. The SMILES string of the molecule is c1ccc(COC[C@@H]2[C@@H](OCc3ccccc3)CC(OCc3ccccc3)c3nccn32)cc1. The average Bonchev–Trinajstić information content (AvgIpc) is 3.39. The number of ether oxygens (including phenoxy) is 3. The largest absolute Gasteiger partial charge is 0.375 e. The molecule has 0 aliphatic carbocycles. The fourth-order valence-electron chi connectivity index (χ4n) is 4.44. The molecular weight excluding hydrogens is 424 g/mol. The van der Waals surface area contributed by atoms with Gasteiger partial charge < -0.3 is 18.8 Å². The van der Waals surface area contributed by atoms with E-state index in [0.29, 0.717) is 26.4 Å². The summed E-state index contributed by atoms with van der Waals surface area (Å²) in [4.78, 5) is 4.65. The Morgan fingerprint density at radius 2 is 1.26 bits per heavy atom. The molecule has 3 atom stereocenters. The van der Waals surface area contributed by atoms with Gasteiger partial charge in [-0.05, 0) is 16.7 Å². The zero-order chi connectivity index (χ0) is 23.0. The molecule has 0 bridgehead atoms. The molecule has 1 unspecified atom stereocenters. The lowest BCUT2D eigenvalue weighted by Crippen LogP contribution is -2.38. The molecular formula is C29H30N2O3. The minimum absolute atomic E-state index is 0.0292. The molecule has 174 valence electrons. The first-order valence-electron chi connectivity index (χ1n) is 11.8. The monoisotopic (exact) mass is 454 g/mol. The molecule has 0 spiro atoms. The molecule has 5 rings (SSSR count). The van der Waals surface area contributed by atoms with E-state index < -0.39 is 0 Å². The van der Waals surface area contributed by atoms with Gasteiger partial charge in [0.25, 0.3) is 0 Å². The van der Waals surface area contributed by atoms with Crippen LogP contribution in [-0.4, -0.2) is 22.3 Å². The second-order valence-corrected chi connectivity index (χ2v) is 8.62. The van der Waals surface area contributed by atoms with E-state index in [4.69, 9.17) is 14.2 Å². The summed E-state index contributed by atoms with van der Waals surface area (Å²) >= 11 is 0. The summed E-state index contributed by atoms with van der Waals surface area (Å²) in [5, 5.41) is 0. The normalized spacial score (nSPS) is 19.6. The summed E-state index contributed by atoms with van der Waals surface area (Å²) in [6, 6.07) is 30.8. The zero-order valence-corrected chi connectivity index (χ0v) is 19.2. The van der Waals surface area contributed by atoms with Gasteiger partial charge in [0.2, 0.25) is 0 Å². The van der Waals surface area contributed by atoms with Gasteiger partial charge in [-0.2, -0.15) is 0 Å². The molecule has 1 aliphatic rings. The minimum atomic E-state index is -0.138. The molecule has 3 aromatic carbocycles. The Balaban J connectivity index is 1.31. The van der Waals surface area contributed by atoms with Crippen LogP contribution in [0.1, 0.15) is 41.1 Å². The molecule has 5 heteroatoms. The molecule has 2 heterocycles. The number of rotatable bonds is 10. The van der Waals surface area contributed by atoms with Crippen LogP contribution in [0.4, 0.5) is 0 Å². The van der Waals surface area contributed by atoms with E-state index in [9.17, 15) is 0 Å². The highest BCUT2D eigenvalue weighted by Gasteiger charge is 2.37. The Labute approximate surface area is 200 Å². The average molecular weight is 455 g/mol. The van der Waals surface area contributed by atoms with E-state index in [0.717, 1.165) is 28.9 Å². The van der Waals surface area contributed by atoms with E-state index in [1.165, 1.54) is 0 Å². The molecule has 0 saturated carbocycles. The Bertz CT molecular complexity index is 1130. The van der Waals surface area contributed by atoms with Gasteiger partial charge in [-0.3, -0.25) is 0 Å². The molecule has 1 aliphatic heterocycles.